The monoisotopic (exact) mass is 290 g/mol. The molecule has 114 valence electrons. The van der Waals surface area contributed by atoms with Crippen molar-refractivity contribution in [3.63, 3.8) is 0 Å². The Labute approximate surface area is 125 Å². The molecular weight excluding hydrogens is 268 g/mol. The number of nitrogens with two attached hydrogens (primary N) is 1. The number of fused-ring (bicyclic) bond motifs is 1. The van der Waals surface area contributed by atoms with Gasteiger partial charge in [0.25, 0.3) is 5.91 Å². The minimum Gasteiger partial charge on any atom is -0.495 e. The Hall–Kier alpha value is -1.75. The molecule has 2 atom stereocenters. The molecule has 2 fully saturated rings. The van der Waals surface area contributed by atoms with E-state index in [1.54, 1.807) is 25.3 Å². The van der Waals surface area contributed by atoms with Crippen LogP contribution in [0.25, 0.3) is 0 Å². The van der Waals surface area contributed by atoms with Gasteiger partial charge in [-0.1, -0.05) is 12.8 Å². The first kappa shape index (κ1) is 14.2. The van der Waals surface area contributed by atoms with Gasteiger partial charge in [0, 0.05) is 12.1 Å². The molecule has 0 aromatic heterocycles. The Morgan fingerprint density at radius 3 is 3.00 bits per heavy atom. The lowest BCUT2D eigenvalue weighted by Crippen LogP contribution is -2.54. The van der Waals surface area contributed by atoms with E-state index in [0.717, 1.165) is 12.8 Å². The molecule has 1 saturated heterocycles. The summed E-state index contributed by atoms with van der Waals surface area (Å²) in [6.07, 6.45) is 4.65. The molecule has 0 bridgehead atoms. The van der Waals surface area contributed by atoms with Crippen LogP contribution < -0.4 is 10.5 Å². The van der Waals surface area contributed by atoms with E-state index >= 15 is 0 Å². The average molecular weight is 290 g/mol. The molecular formula is C16H22N2O3. The molecule has 5 nitrogen and oxygen atoms in total. The van der Waals surface area contributed by atoms with Gasteiger partial charge in [0.15, 0.2) is 0 Å². The maximum absolute atomic E-state index is 12.8. The van der Waals surface area contributed by atoms with Gasteiger partial charge in [0.1, 0.15) is 5.75 Å². The Balaban J connectivity index is 1.83. The smallest absolute Gasteiger partial charge is 0.254 e. The van der Waals surface area contributed by atoms with Crippen LogP contribution in [0.5, 0.6) is 5.75 Å². The molecule has 3 rings (SSSR count). The van der Waals surface area contributed by atoms with Gasteiger partial charge < -0.3 is 20.1 Å². The van der Waals surface area contributed by atoms with E-state index < -0.39 is 0 Å². The predicted octanol–water partition coefficient (Wildman–Crippen LogP) is 2.06. The third kappa shape index (κ3) is 2.70. The summed E-state index contributed by atoms with van der Waals surface area (Å²) in [5.74, 6) is 0.600. The summed E-state index contributed by atoms with van der Waals surface area (Å²) in [7, 11) is 1.56. The van der Waals surface area contributed by atoms with Gasteiger partial charge in [-0.25, -0.2) is 0 Å². The van der Waals surface area contributed by atoms with Crippen molar-refractivity contribution in [3.05, 3.63) is 23.8 Å². The number of carbonyl (C=O) groups excluding carboxylic acids is 1. The second-order valence-corrected chi connectivity index (χ2v) is 5.72. The fourth-order valence-electron chi connectivity index (χ4n) is 3.36. The summed E-state index contributed by atoms with van der Waals surface area (Å²) in [5, 5.41) is 0. The molecule has 21 heavy (non-hydrogen) atoms. The lowest BCUT2D eigenvalue weighted by Gasteiger charge is -2.43. The predicted molar refractivity (Wildman–Crippen MR) is 80.4 cm³/mol. The van der Waals surface area contributed by atoms with Gasteiger partial charge in [-0.3, -0.25) is 4.79 Å². The molecule has 5 heteroatoms. The Morgan fingerprint density at radius 2 is 2.19 bits per heavy atom. The summed E-state index contributed by atoms with van der Waals surface area (Å²) in [5.41, 5.74) is 6.99. The molecule has 0 radical (unpaired) electrons. The fourth-order valence-corrected chi connectivity index (χ4v) is 3.36. The van der Waals surface area contributed by atoms with Crippen LogP contribution >= 0.6 is 0 Å². The molecule has 1 aliphatic carbocycles. The number of anilines is 1. The quantitative estimate of drug-likeness (QED) is 0.847. The van der Waals surface area contributed by atoms with E-state index in [2.05, 4.69) is 0 Å². The molecule has 1 saturated carbocycles. The van der Waals surface area contributed by atoms with E-state index in [-0.39, 0.29) is 18.1 Å². The van der Waals surface area contributed by atoms with E-state index in [1.807, 2.05) is 4.90 Å². The summed E-state index contributed by atoms with van der Waals surface area (Å²) >= 11 is 0. The SMILES string of the molecule is COc1cc(C(=O)N2CCOC3CCCCC32)ccc1N. The Morgan fingerprint density at radius 1 is 1.38 bits per heavy atom. The highest BCUT2D eigenvalue weighted by molar-refractivity contribution is 5.95. The first-order valence-corrected chi connectivity index (χ1v) is 7.57. The maximum Gasteiger partial charge on any atom is 0.254 e. The van der Waals surface area contributed by atoms with Crippen LogP contribution in [0.15, 0.2) is 18.2 Å². The van der Waals surface area contributed by atoms with E-state index in [0.29, 0.717) is 30.2 Å². The minimum atomic E-state index is 0.0495. The van der Waals surface area contributed by atoms with Gasteiger partial charge in [-0.15, -0.1) is 0 Å². The molecule has 1 amide bonds. The number of morpholine rings is 1. The normalized spacial score (nSPS) is 25.3. The van der Waals surface area contributed by atoms with Crippen LogP contribution in [-0.4, -0.2) is 43.2 Å². The summed E-state index contributed by atoms with van der Waals surface area (Å²) in [4.78, 5) is 14.8. The molecule has 1 aromatic carbocycles. The van der Waals surface area contributed by atoms with E-state index in [9.17, 15) is 4.79 Å². The second kappa shape index (κ2) is 5.93. The summed E-state index contributed by atoms with van der Waals surface area (Å²) in [6, 6.07) is 5.44. The van der Waals surface area contributed by atoms with E-state index in [1.165, 1.54) is 12.8 Å². The Kier molecular flexibility index (Phi) is 4.01. The number of carbonyl (C=O) groups is 1. The van der Waals surface area contributed by atoms with Gasteiger partial charge in [-0.2, -0.15) is 0 Å². The second-order valence-electron chi connectivity index (χ2n) is 5.72. The molecule has 1 aromatic rings. The highest BCUT2D eigenvalue weighted by Gasteiger charge is 2.37. The number of nitrogen functional groups attached to an aromatic ring is 1. The minimum absolute atomic E-state index is 0.0495. The zero-order valence-electron chi connectivity index (χ0n) is 12.4. The zero-order valence-corrected chi connectivity index (χ0v) is 12.4. The van der Waals surface area contributed by atoms with E-state index in [4.69, 9.17) is 15.2 Å². The topological polar surface area (TPSA) is 64.8 Å². The summed E-state index contributed by atoms with van der Waals surface area (Å²) in [6.45, 7) is 1.28. The van der Waals surface area contributed by atoms with Crippen molar-refractivity contribution in [2.75, 3.05) is 26.0 Å². The molecule has 2 unspecified atom stereocenters. The number of hydrogen-bond acceptors (Lipinski definition) is 4. The fraction of sp³-hybridized carbons (Fsp3) is 0.562. The standard InChI is InChI=1S/C16H22N2O3/c1-20-15-10-11(6-7-12(15)17)16(19)18-8-9-21-14-5-3-2-4-13(14)18/h6-7,10,13-14H,2-5,8-9,17H2,1H3. The molecule has 1 aliphatic heterocycles. The average Bonchev–Trinajstić information content (AvgIpc) is 2.54. The number of ether oxygens (including phenoxy) is 2. The van der Waals surface area contributed by atoms with Crippen molar-refractivity contribution >= 4 is 11.6 Å². The number of methoxy groups -OCH3 is 1. The van der Waals surface area contributed by atoms with Crippen LogP contribution in [0.4, 0.5) is 5.69 Å². The van der Waals surface area contributed by atoms with Crippen molar-refractivity contribution < 1.29 is 14.3 Å². The first-order valence-electron chi connectivity index (χ1n) is 7.57. The van der Waals surface area contributed by atoms with Gasteiger partial charge in [-0.05, 0) is 31.0 Å². The zero-order chi connectivity index (χ0) is 14.8. The number of amides is 1. The number of hydrogen-bond donors (Lipinski definition) is 1. The summed E-state index contributed by atoms with van der Waals surface area (Å²) < 4.78 is 11.0. The number of nitrogens with zero attached hydrogens (tertiary/aromatic N) is 1. The van der Waals surface area contributed by atoms with Gasteiger partial charge in [0.05, 0.1) is 31.5 Å². The number of benzene rings is 1. The van der Waals surface area contributed by atoms with Crippen LogP contribution in [0.1, 0.15) is 36.0 Å². The Bertz CT molecular complexity index is 530. The number of rotatable bonds is 2. The molecule has 0 spiro atoms. The largest absolute Gasteiger partial charge is 0.495 e. The van der Waals surface area contributed by atoms with Crippen molar-refractivity contribution in [2.24, 2.45) is 0 Å². The van der Waals surface area contributed by atoms with Gasteiger partial charge in [0.2, 0.25) is 0 Å². The van der Waals surface area contributed by atoms with Crippen LogP contribution in [-0.2, 0) is 4.74 Å². The lowest BCUT2D eigenvalue weighted by atomic mass is 9.89. The van der Waals surface area contributed by atoms with Crippen molar-refractivity contribution in [2.45, 2.75) is 37.8 Å². The lowest BCUT2D eigenvalue weighted by molar-refractivity contribution is -0.0752. The molecule has 2 N–H and O–H groups in total. The first-order chi connectivity index (χ1) is 10.2. The van der Waals surface area contributed by atoms with Crippen LogP contribution in [0, 0.1) is 0 Å². The third-order valence-electron chi connectivity index (χ3n) is 4.47. The van der Waals surface area contributed by atoms with Crippen molar-refractivity contribution in [3.8, 4) is 5.75 Å². The maximum atomic E-state index is 12.8. The van der Waals surface area contributed by atoms with Crippen molar-refractivity contribution in [1.82, 2.24) is 4.90 Å². The highest BCUT2D eigenvalue weighted by Crippen LogP contribution is 2.30. The van der Waals surface area contributed by atoms with Gasteiger partial charge >= 0.3 is 0 Å². The van der Waals surface area contributed by atoms with Crippen molar-refractivity contribution in [1.29, 1.82) is 0 Å². The molecule has 2 aliphatic rings. The van der Waals surface area contributed by atoms with Crippen LogP contribution in [0.3, 0.4) is 0 Å². The molecule has 1 heterocycles. The third-order valence-corrected chi connectivity index (χ3v) is 4.47. The van der Waals surface area contributed by atoms with Crippen LogP contribution in [0.2, 0.25) is 0 Å². The highest BCUT2D eigenvalue weighted by atomic mass is 16.5.